The predicted molar refractivity (Wildman–Crippen MR) is 77.9 cm³/mol. The monoisotopic (exact) mass is 324 g/mol. The maximum atomic E-state index is 6.03. The van der Waals surface area contributed by atoms with Gasteiger partial charge in [0.2, 0.25) is 0 Å². The Labute approximate surface area is 120 Å². The van der Waals surface area contributed by atoms with Crippen molar-refractivity contribution in [3.05, 3.63) is 24.7 Å². The highest BCUT2D eigenvalue weighted by atomic mass is 79.9. The molecule has 1 aliphatic heterocycles. The van der Waals surface area contributed by atoms with E-state index in [0.29, 0.717) is 0 Å². The molecule has 1 fully saturated rings. The first-order valence-corrected chi connectivity index (χ1v) is 7.48. The van der Waals surface area contributed by atoms with Crippen LogP contribution in [0.1, 0.15) is 13.8 Å². The molecule has 3 heterocycles. The van der Waals surface area contributed by atoms with E-state index in [2.05, 4.69) is 44.8 Å². The summed E-state index contributed by atoms with van der Waals surface area (Å²) in [7, 11) is 0. The topological polar surface area (TPSA) is 42.7 Å². The number of morpholine rings is 1. The standard InChI is InChI=1S/C13H17BrN4O/c1-13(2)9-17(8-10(7-14)19-13)12-11-3-4-16-18(11)6-5-15-12/h3-6,10H,7-9H2,1-2H3. The average Bonchev–Trinajstić information content (AvgIpc) is 2.84. The average molecular weight is 325 g/mol. The number of halogens is 1. The molecule has 0 aromatic carbocycles. The van der Waals surface area contributed by atoms with Crippen molar-refractivity contribution in [2.75, 3.05) is 23.3 Å². The Hall–Kier alpha value is -1.14. The summed E-state index contributed by atoms with van der Waals surface area (Å²) < 4.78 is 7.88. The van der Waals surface area contributed by atoms with E-state index in [9.17, 15) is 0 Å². The normalized spacial score (nSPS) is 22.9. The van der Waals surface area contributed by atoms with Crippen LogP contribution >= 0.6 is 15.9 Å². The summed E-state index contributed by atoms with van der Waals surface area (Å²) in [5.74, 6) is 0.974. The van der Waals surface area contributed by atoms with Gasteiger partial charge in [0, 0.05) is 30.8 Å². The largest absolute Gasteiger partial charge is 0.368 e. The zero-order valence-electron chi connectivity index (χ0n) is 11.1. The zero-order valence-corrected chi connectivity index (χ0v) is 12.7. The van der Waals surface area contributed by atoms with Gasteiger partial charge in [-0.3, -0.25) is 0 Å². The van der Waals surface area contributed by atoms with Gasteiger partial charge < -0.3 is 9.64 Å². The number of alkyl halides is 1. The van der Waals surface area contributed by atoms with E-state index in [1.807, 2.05) is 16.8 Å². The van der Waals surface area contributed by atoms with Crippen LogP contribution < -0.4 is 4.90 Å². The van der Waals surface area contributed by atoms with Gasteiger partial charge in [-0.1, -0.05) is 15.9 Å². The quantitative estimate of drug-likeness (QED) is 0.793. The zero-order chi connectivity index (χ0) is 13.5. The third-order valence-electron chi connectivity index (χ3n) is 3.26. The molecule has 0 N–H and O–H groups in total. The molecule has 0 saturated carbocycles. The van der Waals surface area contributed by atoms with Gasteiger partial charge in [-0.2, -0.15) is 5.10 Å². The first-order valence-electron chi connectivity index (χ1n) is 6.36. The third kappa shape index (κ3) is 2.47. The SMILES string of the molecule is CC1(C)CN(c2nccn3nccc23)CC(CBr)O1. The van der Waals surface area contributed by atoms with Gasteiger partial charge in [-0.15, -0.1) is 0 Å². The van der Waals surface area contributed by atoms with Crippen molar-refractivity contribution in [2.45, 2.75) is 25.6 Å². The second kappa shape index (κ2) is 4.76. The highest BCUT2D eigenvalue weighted by molar-refractivity contribution is 9.09. The van der Waals surface area contributed by atoms with E-state index in [-0.39, 0.29) is 11.7 Å². The molecule has 0 amide bonds. The van der Waals surface area contributed by atoms with E-state index in [4.69, 9.17) is 4.74 Å². The molecule has 3 rings (SSSR count). The Kier molecular flexibility index (Phi) is 3.22. The fraction of sp³-hybridized carbons (Fsp3) is 0.538. The van der Waals surface area contributed by atoms with Crippen LogP contribution in [-0.2, 0) is 4.74 Å². The van der Waals surface area contributed by atoms with E-state index in [0.717, 1.165) is 29.8 Å². The number of rotatable bonds is 2. The van der Waals surface area contributed by atoms with Crippen LogP contribution in [0.2, 0.25) is 0 Å². The fourth-order valence-corrected chi connectivity index (χ4v) is 2.96. The molecular formula is C13H17BrN4O. The van der Waals surface area contributed by atoms with Gasteiger partial charge in [0.25, 0.3) is 0 Å². The summed E-state index contributed by atoms with van der Waals surface area (Å²) in [6.07, 6.45) is 5.63. The number of ether oxygens (including phenoxy) is 1. The number of aromatic nitrogens is 3. The van der Waals surface area contributed by atoms with Crippen LogP contribution in [0, 0.1) is 0 Å². The lowest BCUT2D eigenvalue weighted by atomic mass is 10.1. The molecule has 0 aliphatic carbocycles. The minimum Gasteiger partial charge on any atom is -0.368 e. The van der Waals surface area contributed by atoms with Crippen molar-refractivity contribution in [3.8, 4) is 0 Å². The molecule has 2 aromatic rings. The van der Waals surface area contributed by atoms with E-state index >= 15 is 0 Å². The molecule has 5 nitrogen and oxygen atoms in total. The summed E-state index contributed by atoms with van der Waals surface area (Å²) in [4.78, 5) is 6.82. The Balaban J connectivity index is 1.98. The molecule has 0 bridgehead atoms. The van der Waals surface area contributed by atoms with Crippen LogP contribution in [0.25, 0.3) is 5.52 Å². The minimum atomic E-state index is -0.175. The van der Waals surface area contributed by atoms with Crippen molar-refractivity contribution in [1.82, 2.24) is 14.6 Å². The van der Waals surface area contributed by atoms with Crippen molar-refractivity contribution < 1.29 is 4.74 Å². The fourth-order valence-electron chi connectivity index (χ4n) is 2.62. The molecule has 1 aliphatic rings. The van der Waals surface area contributed by atoms with Crippen molar-refractivity contribution in [1.29, 1.82) is 0 Å². The number of anilines is 1. The predicted octanol–water partition coefficient (Wildman–Crippen LogP) is 2.11. The van der Waals surface area contributed by atoms with Gasteiger partial charge >= 0.3 is 0 Å². The molecular weight excluding hydrogens is 308 g/mol. The second-order valence-electron chi connectivity index (χ2n) is 5.45. The minimum absolute atomic E-state index is 0.175. The second-order valence-corrected chi connectivity index (χ2v) is 6.09. The van der Waals surface area contributed by atoms with Crippen LogP contribution in [0.4, 0.5) is 5.82 Å². The number of fused-ring (bicyclic) bond motifs is 1. The van der Waals surface area contributed by atoms with Gasteiger partial charge in [0.15, 0.2) is 5.82 Å². The van der Waals surface area contributed by atoms with Crippen molar-refractivity contribution >= 4 is 27.3 Å². The lowest BCUT2D eigenvalue weighted by molar-refractivity contribution is -0.0725. The van der Waals surface area contributed by atoms with Crippen molar-refractivity contribution in [3.63, 3.8) is 0 Å². The van der Waals surface area contributed by atoms with Crippen LogP contribution in [-0.4, -0.2) is 44.7 Å². The Morgan fingerprint density at radius 3 is 3.11 bits per heavy atom. The maximum Gasteiger partial charge on any atom is 0.154 e. The van der Waals surface area contributed by atoms with Crippen molar-refractivity contribution in [2.24, 2.45) is 0 Å². The Bertz CT molecular complexity index is 583. The van der Waals surface area contributed by atoms with E-state index < -0.39 is 0 Å². The third-order valence-corrected chi connectivity index (χ3v) is 3.98. The number of nitrogens with zero attached hydrogens (tertiary/aromatic N) is 4. The molecule has 0 spiro atoms. The highest BCUT2D eigenvalue weighted by Crippen LogP contribution is 2.27. The molecule has 1 unspecified atom stereocenters. The maximum absolute atomic E-state index is 6.03. The van der Waals surface area contributed by atoms with E-state index in [1.54, 1.807) is 12.4 Å². The summed E-state index contributed by atoms with van der Waals surface area (Å²) in [6.45, 7) is 5.90. The summed E-state index contributed by atoms with van der Waals surface area (Å²) in [5, 5.41) is 5.09. The summed E-state index contributed by atoms with van der Waals surface area (Å²) in [5.41, 5.74) is 0.860. The molecule has 102 valence electrons. The smallest absolute Gasteiger partial charge is 0.154 e. The molecule has 19 heavy (non-hydrogen) atoms. The van der Waals surface area contributed by atoms with Crippen LogP contribution in [0.5, 0.6) is 0 Å². The number of hydrogen-bond acceptors (Lipinski definition) is 4. The Morgan fingerprint density at radius 2 is 2.32 bits per heavy atom. The highest BCUT2D eigenvalue weighted by Gasteiger charge is 2.34. The first kappa shape index (κ1) is 12.9. The van der Waals surface area contributed by atoms with Gasteiger partial charge in [-0.25, -0.2) is 9.50 Å². The van der Waals surface area contributed by atoms with E-state index in [1.165, 1.54) is 0 Å². The van der Waals surface area contributed by atoms with Gasteiger partial charge in [0.1, 0.15) is 5.52 Å². The first-order chi connectivity index (χ1) is 9.09. The van der Waals surface area contributed by atoms with Gasteiger partial charge in [0.05, 0.1) is 17.9 Å². The lowest BCUT2D eigenvalue weighted by Crippen LogP contribution is -2.53. The lowest BCUT2D eigenvalue weighted by Gasteiger charge is -2.43. The Morgan fingerprint density at radius 1 is 1.47 bits per heavy atom. The summed E-state index contributed by atoms with van der Waals surface area (Å²) >= 11 is 3.52. The molecule has 0 radical (unpaired) electrons. The molecule has 1 saturated heterocycles. The number of hydrogen-bond donors (Lipinski definition) is 0. The molecule has 2 aromatic heterocycles. The van der Waals surface area contributed by atoms with Crippen LogP contribution in [0.15, 0.2) is 24.7 Å². The summed E-state index contributed by atoms with van der Waals surface area (Å²) in [6, 6.07) is 1.99. The molecule has 1 atom stereocenters. The molecule has 6 heteroatoms. The van der Waals surface area contributed by atoms with Crippen LogP contribution in [0.3, 0.4) is 0 Å². The van der Waals surface area contributed by atoms with Gasteiger partial charge in [-0.05, 0) is 19.9 Å².